The van der Waals surface area contributed by atoms with Crippen molar-refractivity contribution in [2.45, 2.75) is 19.4 Å². The zero-order chi connectivity index (χ0) is 11.2. The van der Waals surface area contributed by atoms with Crippen LogP contribution in [0.1, 0.15) is 12.8 Å². The third-order valence-electron chi connectivity index (χ3n) is 2.13. The molecule has 0 aliphatic rings. The lowest BCUT2D eigenvalue weighted by Gasteiger charge is -2.02. The van der Waals surface area contributed by atoms with E-state index >= 15 is 0 Å². The Morgan fingerprint density at radius 3 is 2.88 bits per heavy atom. The summed E-state index contributed by atoms with van der Waals surface area (Å²) in [6.07, 6.45) is 4.66. The maximum atomic E-state index is 8.46. The highest BCUT2D eigenvalue weighted by Crippen LogP contribution is 2.13. The summed E-state index contributed by atoms with van der Waals surface area (Å²) in [6.45, 7) is 0.651. The molecule has 0 N–H and O–H groups in total. The van der Waals surface area contributed by atoms with Crippen molar-refractivity contribution in [3.8, 4) is 17.5 Å². The molecule has 0 aliphatic heterocycles. The van der Waals surface area contributed by atoms with Gasteiger partial charge in [-0.05, 0) is 29.0 Å². The Bertz CT molecular complexity index is 484. The van der Waals surface area contributed by atoms with E-state index in [1.165, 1.54) is 0 Å². The van der Waals surface area contributed by atoms with Crippen LogP contribution in [-0.4, -0.2) is 25.2 Å². The van der Waals surface area contributed by atoms with Crippen LogP contribution in [0.3, 0.4) is 0 Å². The minimum atomic E-state index is 0.510. The first kappa shape index (κ1) is 10.2. The lowest BCUT2D eigenvalue weighted by atomic mass is 10.2. The monoisotopic (exact) mass is 214 g/mol. The molecule has 0 saturated heterocycles. The fourth-order valence-corrected chi connectivity index (χ4v) is 1.37. The highest BCUT2D eigenvalue weighted by molar-refractivity contribution is 5.52. The van der Waals surface area contributed by atoms with E-state index < -0.39 is 0 Å². The second-order valence-corrected chi connectivity index (χ2v) is 3.22. The van der Waals surface area contributed by atoms with Crippen molar-refractivity contribution < 1.29 is 0 Å². The van der Waals surface area contributed by atoms with Gasteiger partial charge in [0.15, 0.2) is 5.82 Å². The van der Waals surface area contributed by atoms with Crippen LogP contribution in [-0.2, 0) is 6.54 Å². The molecular weight excluding hydrogens is 204 g/mol. The van der Waals surface area contributed by atoms with Crippen LogP contribution < -0.4 is 0 Å². The number of rotatable bonds is 4. The summed E-state index contributed by atoms with van der Waals surface area (Å²) in [5.41, 5.74) is 0.928. The zero-order valence-electron chi connectivity index (χ0n) is 8.61. The van der Waals surface area contributed by atoms with Crippen molar-refractivity contribution in [3.63, 3.8) is 0 Å². The molecule has 2 aromatic rings. The quantitative estimate of drug-likeness (QED) is 0.710. The Kier molecular flexibility index (Phi) is 3.18. The number of aryl methyl sites for hydroxylation is 1. The Hall–Kier alpha value is -2.29. The maximum Gasteiger partial charge on any atom is 0.182 e. The Morgan fingerprint density at radius 2 is 2.12 bits per heavy atom. The Morgan fingerprint density at radius 1 is 1.31 bits per heavy atom. The largest absolute Gasteiger partial charge is 0.265 e. The lowest BCUT2D eigenvalue weighted by molar-refractivity contribution is 0.569. The van der Waals surface area contributed by atoms with Crippen LogP contribution >= 0.6 is 0 Å². The van der Waals surface area contributed by atoms with E-state index in [0.717, 1.165) is 12.0 Å². The van der Waals surface area contributed by atoms with E-state index in [1.54, 1.807) is 17.1 Å². The number of tetrazole rings is 1. The van der Waals surface area contributed by atoms with E-state index in [2.05, 4.69) is 26.6 Å². The second-order valence-electron chi connectivity index (χ2n) is 3.22. The first-order valence-corrected chi connectivity index (χ1v) is 4.95. The average Bonchev–Trinajstić information content (AvgIpc) is 2.79. The van der Waals surface area contributed by atoms with Gasteiger partial charge in [0.05, 0.1) is 6.07 Å². The Balaban J connectivity index is 2.17. The van der Waals surface area contributed by atoms with Gasteiger partial charge in [-0.15, -0.1) is 5.10 Å². The summed E-state index contributed by atoms with van der Waals surface area (Å²) in [5, 5.41) is 19.9. The van der Waals surface area contributed by atoms with Gasteiger partial charge in [-0.3, -0.25) is 4.98 Å². The molecule has 0 spiro atoms. The molecule has 0 unspecified atom stereocenters. The first-order valence-electron chi connectivity index (χ1n) is 4.95. The molecule has 2 aromatic heterocycles. The van der Waals surface area contributed by atoms with Crippen LogP contribution in [0.5, 0.6) is 0 Å². The molecular formula is C10H10N6. The topological polar surface area (TPSA) is 80.3 Å². The van der Waals surface area contributed by atoms with Crippen molar-refractivity contribution in [3.05, 3.63) is 24.5 Å². The minimum Gasteiger partial charge on any atom is -0.265 e. The van der Waals surface area contributed by atoms with Crippen molar-refractivity contribution in [1.29, 1.82) is 5.26 Å². The summed E-state index contributed by atoms with van der Waals surface area (Å²) >= 11 is 0. The zero-order valence-corrected chi connectivity index (χ0v) is 8.61. The van der Waals surface area contributed by atoms with Crippen LogP contribution in [0.15, 0.2) is 24.5 Å². The first-order chi connectivity index (χ1) is 7.92. The lowest BCUT2D eigenvalue weighted by Crippen LogP contribution is -2.02. The molecule has 80 valence electrons. The van der Waals surface area contributed by atoms with E-state index in [-0.39, 0.29) is 0 Å². The predicted molar refractivity (Wildman–Crippen MR) is 55.9 cm³/mol. The molecule has 0 bridgehead atoms. The van der Waals surface area contributed by atoms with Gasteiger partial charge in [0.25, 0.3) is 0 Å². The van der Waals surface area contributed by atoms with Crippen molar-refractivity contribution in [1.82, 2.24) is 25.2 Å². The average molecular weight is 214 g/mol. The summed E-state index contributed by atoms with van der Waals surface area (Å²) in [7, 11) is 0. The van der Waals surface area contributed by atoms with Gasteiger partial charge in [0.2, 0.25) is 0 Å². The smallest absolute Gasteiger partial charge is 0.182 e. The van der Waals surface area contributed by atoms with Crippen LogP contribution in [0.4, 0.5) is 0 Å². The van der Waals surface area contributed by atoms with Gasteiger partial charge in [-0.2, -0.15) is 5.26 Å². The van der Waals surface area contributed by atoms with Gasteiger partial charge < -0.3 is 0 Å². The van der Waals surface area contributed by atoms with Crippen molar-refractivity contribution in [2.24, 2.45) is 0 Å². The van der Waals surface area contributed by atoms with Crippen molar-refractivity contribution >= 4 is 0 Å². The van der Waals surface area contributed by atoms with Gasteiger partial charge in [-0.25, -0.2) is 4.68 Å². The number of pyridine rings is 1. The number of hydrogen-bond acceptors (Lipinski definition) is 5. The van der Waals surface area contributed by atoms with Gasteiger partial charge >= 0.3 is 0 Å². The highest BCUT2D eigenvalue weighted by atomic mass is 15.5. The van der Waals surface area contributed by atoms with Crippen LogP contribution in [0.25, 0.3) is 11.4 Å². The number of hydrogen-bond donors (Lipinski definition) is 0. The Labute approximate surface area is 92.5 Å². The van der Waals surface area contributed by atoms with E-state index in [0.29, 0.717) is 18.8 Å². The van der Waals surface area contributed by atoms with Crippen molar-refractivity contribution in [2.75, 3.05) is 0 Å². The molecule has 2 heterocycles. The fraction of sp³-hybridized carbons (Fsp3) is 0.300. The highest BCUT2D eigenvalue weighted by Gasteiger charge is 2.07. The third-order valence-corrected chi connectivity index (χ3v) is 2.13. The minimum absolute atomic E-state index is 0.510. The molecule has 0 aliphatic carbocycles. The number of nitrogens with zero attached hydrogens (tertiary/aromatic N) is 6. The SMILES string of the molecule is N#CCCCn1nnnc1-c1ccncc1. The number of aromatic nitrogens is 5. The fourth-order valence-electron chi connectivity index (χ4n) is 1.37. The van der Waals surface area contributed by atoms with Gasteiger partial charge in [-0.1, -0.05) is 0 Å². The summed E-state index contributed by atoms with van der Waals surface area (Å²) in [4.78, 5) is 3.94. The molecule has 0 radical (unpaired) electrons. The molecule has 6 nitrogen and oxygen atoms in total. The molecule has 0 fully saturated rings. The van der Waals surface area contributed by atoms with E-state index in [1.807, 2.05) is 12.1 Å². The second kappa shape index (κ2) is 4.98. The standard InChI is InChI=1S/C10H10N6/c11-5-1-2-8-16-10(13-14-15-16)9-3-6-12-7-4-9/h3-4,6-7H,1-2,8H2. The molecule has 0 amide bonds. The molecule has 16 heavy (non-hydrogen) atoms. The molecule has 6 heteroatoms. The van der Waals surface area contributed by atoms with Gasteiger partial charge in [0.1, 0.15) is 0 Å². The molecule has 0 atom stereocenters. The summed E-state index contributed by atoms with van der Waals surface area (Å²) in [6, 6.07) is 5.80. The predicted octanol–water partition coefficient (Wildman–Crippen LogP) is 1.04. The third kappa shape index (κ3) is 2.20. The normalized spacial score (nSPS) is 9.94. The maximum absolute atomic E-state index is 8.46. The van der Waals surface area contributed by atoms with Gasteiger partial charge in [0, 0.05) is 30.9 Å². The van der Waals surface area contributed by atoms with Crippen LogP contribution in [0.2, 0.25) is 0 Å². The van der Waals surface area contributed by atoms with E-state index in [4.69, 9.17) is 5.26 Å². The number of unbranched alkanes of at least 4 members (excludes halogenated alkanes) is 1. The molecule has 2 rings (SSSR count). The van der Waals surface area contributed by atoms with E-state index in [9.17, 15) is 0 Å². The number of nitriles is 1. The van der Waals surface area contributed by atoms with Crippen LogP contribution in [0, 0.1) is 11.3 Å². The summed E-state index contributed by atoms with van der Waals surface area (Å²) < 4.78 is 1.70. The summed E-state index contributed by atoms with van der Waals surface area (Å²) in [5.74, 6) is 0.709. The molecule has 0 aromatic carbocycles. The molecule has 0 saturated carbocycles.